The minimum Gasteiger partial charge on any atom is -0.466 e. The second-order valence-electron chi connectivity index (χ2n) is 4.88. The van der Waals surface area contributed by atoms with E-state index in [-0.39, 0.29) is 11.5 Å². The van der Waals surface area contributed by atoms with E-state index >= 15 is 0 Å². The standard InChI is InChI=1S/C14H18N4O4S/c1-5-18(8(3)19)14-16-9(6-23-14)11-10(12(20)22-4)7(2)15-13(21)17-11/h6,11H,5H2,1-4H3,(H2,15,17,21)/t11-/m1/s1. The second kappa shape index (κ2) is 6.78. The molecule has 0 spiro atoms. The second-order valence-corrected chi connectivity index (χ2v) is 5.72. The van der Waals surface area contributed by atoms with E-state index < -0.39 is 18.0 Å². The number of nitrogens with zero attached hydrogens (tertiary/aromatic N) is 2. The van der Waals surface area contributed by atoms with E-state index in [1.54, 1.807) is 12.3 Å². The third-order valence-electron chi connectivity index (χ3n) is 3.41. The Labute approximate surface area is 137 Å². The van der Waals surface area contributed by atoms with E-state index in [1.807, 2.05) is 6.92 Å². The van der Waals surface area contributed by atoms with Gasteiger partial charge in [0.2, 0.25) is 5.91 Å². The molecular weight excluding hydrogens is 320 g/mol. The zero-order valence-corrected chi connectivity index (χ0v) is 14.1. The maximum Gasteiger partial charge on any atom is 0.338 e. The molecule has 2 heterocycles. The number of amides is 3. The van der Waals surface area contributed by atoms with Crippen molar-refractivity contribution in [3.8, 4) is 0 Å². The zero-order valence-electron chi connectivity index (χ0n) is 13.3. The van der Waals surface area contributed by atoms with Crippen LogP contribution in [0.4, 0.5) is 9.93 Å². The van der Waals surface area contributed by atoms with Gasteiger partial charge in [0.25, 0.3) is 0 Å². The van der Waals surface area contributed by atoms with Gasteiger partial charge < -0.3 is 15.4 Å². The number of esters is 1. The summed E-state index contributed by atoms with van der Waals surface area (Å²) in [5, 5.41) is 7.44. The van der Waals surface area contributed by atoms with Crippen LogP contribution in [-0.4, -0.2) is 36.5 Å². The van der Waals surface area contributed by atoms with Crippen molar-refractivity contribution in [2.75, 3.05) is 18.6 Å². The summed E-state index contributed by atoms with van der Waals surface area (Å²) in [6.07, 6.45) is 0. The minimum absolute atomic E-state index is 0.123. The fraction of sp³-hybridized carbons (Fsp3) is 0.429. The van der Waals surface area contributed by atoms with E-state index in [9.17, 15) is 14.4 Å². The predicted molar refractivity (Wildman–Crippen MR) is 84.9 cm³/mol. The van der Waals surface area contributed by atoms with Crippen molar-refractivity contribution < 1.29 is 19.1 Å². The summed E-state index contributed by atoms with van der Waals surface area (Å²) in [4.78, 5) is 41.3. The molecular formula is C14H18N4O4S. The molecule has 0 unspecified atom stereocenters. The highest BCUT2D eigenvalue weighted by Crippen LogP contribution is 2.31. The van der Waals surface area contributed by atoms with Crippen LogP contribution in [0.1, 0.15) is 32.5 Å². The van der Waals surface area contributed by atoms with Gasteiger partial charge in [-0.2, -0.15) is 0 Å². The predicted octanol–water partition coefficient (Wildman–Crippen LogP) is 1.32. The number of hydrogen-bond acceptors (Lipinski definition) is 6. The number of carbonyl (C=O) groups excluding carboxylic acids is 3. The first-order valence-electron chi connectivity index (χ1n) is 6.99. The van der Waals surface area contributed by atoms with Gasteiger partial charge in [0, 0.05) is 24.5 Å². The van der Waals surface area contributed by atoms with Crippen LogP contribution >= 0.6 is 11.3 Å². The smallest absolute Gasteiger partial charge is 0.338 e. The number of hydrogen-bond donors (Lipinski definition) is 2. The first-order valence-corrected chi connectivity index (χ1v) is 7.87. The average molecular weight is 338 g/mol. The molecule has 8 nitrogen and oxygen atoms in total. The number of allylic oxidation sites excluding steroid dienone is 1. The molecule has 0 saturated heterocycles. The summed E-state index contributed by atoms with van der Waals surface area (Å²) < 4.78 is 4.78. The Kier molecular flexibility index (Phi) is 4.99. The van der Waals surface area contributed by atoms with Crippen LogP contribution in [0.25, 0.3) is 0 Å². The molecule has 0 aliphatic carbocycles. The van der Waals surface area contributed by atoms with Crippen molar-refractivity contribution in [1.29, 1.82) is 0 Å². The van der Waals surface area contributed by atoms with Crippen LogP contribution in [0.5, 0.6) is 0 Å². The van der Waals surface area contributed by atoms with Crippen molar-refractivity contribution in [3.63, 3.8) is 0 Å². The van der Waals surface area contributed by atoms with Crippen molar-refractivity contribution in [2.45, 2.75) is 26.8 Å². The maximum atomic E-state index is 12.0. The molecule has 3 amide bonds. The van der Waals surface area contributed by atoms with Gasteiger partial charge in [0.05, 0.1) is 18.4 Å². The lowest BCUT2D eigenvalue weighted by Crippen LogP contribution is -2.45. The number of nitrogens with one attached hydrogen (secondary N) is 2. The van der Waals surface area contributed by atoms with E-state index in [1.165, 1.54) is 30.3 Å². The Morgan fingerprint density at radius 3 is 2.74 bits per heavy atom. The third-order valence-corrected chi connectivity index (χ3v) is 4.29. The molecule has 2 N–H and O–H groups in total. The average Bonchev–Trinajstić information content (AvgIpc) is 2.95. The van der Waals surface area contributed by atoms with E-state index in [4.69, 9.17) is 4.74 Å². The highest BCUT2D eigenvalue weighted by atomic mass is 32.1. The van der Waals surface area contributed by atoms with Gasteiger partial charge in [0.1, 0.15) is 6.04 Å². The van der Waals surface area contributed by atoms with Crippen LogP contribution in [0.2, 0.25) is 0 Å². The fourth-order valence-corrected chi connectivity index (χ4v) is 3.28. The van der Waals surface area contributed by atoms with Crippen LogP contribution < -0.4 is 15.5 Å². The minimum atomic E-state index is -0.716. The number of ether oxygens (including phenoxy) is 1. The van der Waals surface area contributed by atoms with Gasteiger partial charge in [-0.25, -0.2) is 14.6 Å². The highest BCUT2D eigenvalue weighted by molar-refractivity contribution is 7.14. The van der Waals surface area contributed by atoms with Gasteiger partial charge >= 0.3 is 12.0 Å². The number of anilines is 1. The molecule has 23 heavy (non-hydrogen) atoms. The Bertz CT molecular complexity index is 682. The van der Waals surface area contributed by atoms with Crippen LogP contribution in [0.15, 0.2) is 16.7 Å². The Balaban J connectivity index is 2.41. The molecule has 1 aromatic heterocycles. The molecule has 0 fully saturated rings. The zero-order chi connectivity index (χ0) is 17.1. The molecule has 9 heteroatoms. The number of methoxy groups -OCH3 is 1. The van der Waals surface area contributed by atoms with Gasteiger partial charge in [0.15, 0.2) is 5.13 Å². The van der Waals surface area contributed by atoms with Gasteiger partial charge in [-0.1, -0.05) is 0 Å². The summed E-state index contributed by atoms with van der Waals surface area (Å²) in [6.45, 7) is 5.41. The quantitative estimate of drug-likeness (QED) is 0.806. The lowest BCUT2D eigenvalue weighted by Gasteiger charge is -2.26. The SMILES string of the molecule is CCN(C(C)=O)c1nc([C@H]2NC(=O)NC(C)=C2C(=O)OC)cs1. The fourth-order valence-electron chi connectivity index (χ4n) is 2.32. The van der Waals surface area contributed by atoms with Crippen molar-refractivity contribution in [1.82, 2.24) is 15.6 Å². The molecule has 1 atom stereocenters. The molecule has 1 aromatic rings. The largest absolute Gasteiger partial charge is 0.466 e. The molecule has 0 aromatic carbocycles. The van der Waals surface area contributed by atoms with E-state index in [0.717, 1.165) is 0 Å². The number of carbonyl (C=O) groups is 3. The molecule has 1 aliphatic heterocycles. The van der Waals surface area contributed by atoms with Crippen molar-refractivity contribution in [3.05, 3.63) is 22.3 Å². The van der Waals surface area contributed by atoms with Gasteiger partial charge in [-0.3, -0.25) is 9.69 Å². The molecule has 0 radical (unpaired) electrons. The summed E-state index contributed by atoms with van der Waals surface area (Å²) in [6, 6.07) is -1.14. The number of aromatic nitrogens is 1. The topological polar surface area (TPSA) is 101 Å². The van der Waals surface area contributed by atoms with Crippen LogP contribution in [-0.2, 0) is 14.3 Å². The summed E-state index contributed by atoms with van der Waals surface area (Å²) in [7, 11) is 1.27. The summed E-state index contributed by atoms with van der Waals surface area (Å²) in [5.74, 6) is -0.670. The number of thiazole rings is 1. The first-order chi connectivity index (χ1) is 10.9. The lowest BCUT2D eigenvalue weighted by atomic mass is 10.0. The monoisotopic (exact) mass is 338 g/mol. The Morgan fingerprint density at radius 2 is 2.17 bits per heavy atom. The molecule has 0 bridgehead atoms. The molecule has 1 aliphatic rings. The van der Waals surface area contributed by atoms with Crippen LogP contribution in [0.3, 0.4) is 0 Å². The molecule has 124 valence electrons. The summed E-state index contributed by atoms with van der Waals surface area (Å²) in [5.41, 5.74) is 1.19. The van der Waals surface area contributed by atoms with E-state index in [0.29, 0.717) is 23.1 Å². The molecule has 2 rings (SSSR count). The maximum absolute atomic E-state index is 12.0. The lowest BCUT2D eigenvalue weighted by molar-refractivity contribution is -0.136. The third kappa shape index (κ3) is 3.34. The van der Waals surface area contributed by atoms with E-state index in [2.05, 4.69) is 15.6 Å². The first kappa shape index (κ1) is 16.9. The normalized spacial score (nSPS) is 17.4. The number of urea groups is 1. The highest BCUT2D eigenvalue weighted by Gasteiger charge is 2.33. The number of rotatable bonds is 4. The summed E-state index contributed by atoms with van der Waals surface area (Å²) >= 11 is 1.28. The van der Waals surface area contributed by atoms with Crippen molar-refractivity contribution >= 4 is 34.4 Å². The van der Waals surface area contributed by atoms with Gasteiger partial charge in [-0.05, 0) is 13.8 Å². The van der Waals surface area contributed by atoms with Crippen molar-refractivity contribution in [2.24, 2.45) is 0 Å². The van der Waals surface area contributed by atoms with Crippen LogP contribution in [0, 0.1) is 0 Å². The Hall–Kier alpha value is -2.42. The molecule has 0 saturated carbocycles. The van der Waals surface area contributed by atoms with Gasteiger partial charge in [-0.15, -0.1) is 11.3 Å². The Morgan fingerprint density at radius 1 is 1.48 bits per heavy atom.